The monoisotopic (exact) mass is 288 g/mol. The van der Waals surface area contributed by atoms with Crippen molar-refractivity contribution in [1.29, 1.82) is 0 Å². The summed E-state index contributed by atoms with van der Waals surface area (Å²) in [6.07, 6.45) is 2.70. The largest absolute Gasteiger partial charge is 0.313 e. The topological polar surface area (TPSA) is 34.0 Å². The van der Waals surface area contributed by atoms with Gasteiger partial charge in [-0.3, -0.25) is 4.79 Å². The third-order valence-electron chi connectivity index (χ3n) is 3.51. The predicted octanol–water partition coefficient (Wildman–Crippen LogP) is 3.04. The fourth-order valence-corrected chi connectivity index (χ4v) is 2.35. The van der Waals surface area contributed by atoms with E-state index in [2.05, 4.69) is 12.2 Å². The average molecular weight is 288 g/mol. The SMILES string of the molecule is CCCNC(Cn1cccc(C)c1=O)c1ccccc1F. The molecular weight excluding hydrogens is 267 g/mol. The van der Waals surface area contributed by atoms with E-state index < -0.39 is 0 Å². The van der Waals surface area contributed by atoms with Gasteiger partial charge in [0.15, 0.2) is 0 Å². The molecule has 0 aliphatic heterocycles. The lowest BCUT2D eigenvalue weighted by molar-refractivity contribution is 0.437. The van der Waals surface area contributed by atoms with Gasteiger partial charge in [-0.1, -0.05) is 31.2 Å². The molecule has 3 nitrogen and oxygen atoms in total. The highest BCUT2D eigenvalue weighted by molar-refractivity contribution is 5.21. The lowest BCUT2D eigenvalue weighted by Gasteiger charge is -2.21. The van der Waals surface area contributed by atoms with E-state index in [-0.39, 0.29) is 17.4 Å². The molecule has 1 N–H and O–H groups in total. The van der Waals surface area contributed by atoms with Gasteiger partial charge < -0.3 is 9.88 Å². The van der Waals surface area contributed by atoms with Crippen LogP contribution < -0.4 is 10.9 Å². The van der Waals surface area contributed by atoms with Crippen molar-refractivity contribution in [3.63, 3.8) is 0 Å². The average Bonchev–Trinajstić information content (AvgIpc) is 2.48. The van der Waals surface area contributed by atoms with Gasteiger partial charge in [0.05, 0.1) is 6.04 Å². The Bertz CT molecular complexity index is 651. The molecule has 0 saturated carbocycles. The summed E-state index contributed by atoms with van der Waals surface area (Å²) < 4.78 is 15.7. The molecule has 0 amide bonds. The molecule has 0 aliphatic rings. The molecular formula is C17H21FN2O. The van der Waals surface area contributed by atoms with Crippen LogP contribution in [0.1, 0.15) is 30.5 Å². The number of nitrogens with zero attached hydrogens (tertiary/aromatic N) is 1. The first-order chi connectivity index (χ1) is 10.1. The van der Waals surface area contributed by atoms with Gasteiger partial charge in [0.2, 0.25) is 0 Å². The van der Waals surface area contributed by atoms with Gasteiger partial charge in [-0.15, -0.1) is 0 Å². The zero-order chi connectivity index (χ0) is 15.2. The van der Waals surface area contributed by atoms with Crippen LogP contribution >= 0.6 is 0 Å². The Morgan fingerprint density at radius 2 is 2.00 bits per heavy atom. The first-order valence-corrected chi connectivity index (χ1v) is 7.27. The molecule has 0 radical (unpaired) electrons. The van der Waals surface area contributed by atoms with Crippen molar-refractivity contribution in [1.82, 2.24) is 9.88 Å². The maximum atomic E-state index is 14.0. The molecule has 1 heterocycles. The second-order valence-corrected chi connectivity index (χ2v) is 5.18. The van der Waals surface area contributed by atoms with Crippen molar-refractivity contribution in [2.45, 2.75) is 32.9 Å². The minimum absolute atomic E-state index is 0.0304. The van der Waals surface area contributed by atoms with Crippen molar-refractivity contribution >= 4 is 0 Å². The van der Waals surface area contributed by atoms with E-state index >= 15 is 0 Å². The second kappa shape index (κ2) is 7.18. The summed E-state index contributed by atoms with van der Waals surface area (Å²) in [5.74, 6) is -0.244. The third-order valence-corrected chi connectivity index (χ3v) is 3.51. The van der Waals surface area contributed by atoms with Crippen molar-refractivity contribution < 1.29 is 4.39 Å². The van der Waals surface area contributed by atoms with Crippen LogP contribution in [0.2, 0.25) is 0 Å². The van der Waals surface area contributed by atoms with Crippen molar-refractivity contribution in [3.05, 3.63) is 69.9 Å². The van der Waals surface area contributed by atoms with Gasteiger partial charge in [-0.05, 0) is 32.0 Å². The molecule has 2 rings (SSSR count). The summed E-state index contributed by atoms with van der Waals surface area (Å²) in [5.41, 5.74) is 1.26. The lowest BCUT2D eigenvalue weighted by atomic mass is 10.1. The van der Waals surface area contributed by atoms with Gasteiger partial charge in [0, 0.05) is 23.9 Å². The molecule has 1 aromatic carbocycles. The fraction of sp³-hybridized carbons (Fsp3) is 0.353. The van der Waals surface area contributed by atoms with Crippen LogP contribution in [-0.2, 0) is 6.54 Å². The van der Waals surface area contributed by atoms with Crippen LogP contribution in [0.4, 0.5) is 4.39 Å². The number of nitrogens with one attached hydrogen (secondary N) is 1. The molecule has 21 heavy (non-hydrogen) atoms. The van der Waals surface area contributed by atoms with Crippen LogP contribution in [0.3, 0.4) is 0 Å². The summed E-state index contributed by atoms with van der Waals surface area (Å²) in [4.78, 5) is 12.1. The highest BCUT2D eigenvalue weighted by atomic mass is 19.1. The Morgan fingerprint density at radius 1 is 1.24 bits per heavy atom. The molecule has 0 bridgehead atoms. The second-order valence-electron chi connectivity index (χ2n) is 5.18. The van der Waals surface area contributed by atoms with Crippen molar-refractivity contribution in [2.24, 2.45) is 0 Å². The first kappa shape index (κ1) is 15.4. The summed E-state index contributed by atoms with van der Waals surface area (Å²) in [6.45, 7) is 5.04. The Hall–Kier alpha value is -1.94. The Labute approximate surface area is 124 Å². The van der Waals surface area contributed by atoms with E-state index in [0.717, 1.165) is 13.0 Å². The fourth-order valence-electron chi connectivity index (χ4n) is 2.35. The van der Waals surface area contributed by atoms with Crippen LogP contribution in [0.25, 0.3) is 0 Å². The molecule has 0 aliphatic carbocycles. The van der Waals surface area contributed by atoms with Gasteiger partial charge in [0.25, 0.3) is 5.56 Å². The maximum absolute atomic E-state index is 14.0. The van der Waals surface area contributed by atoms with Gasteiger partial charge in [-0.2, -0.15) is 0 Å². The summed E-state index contributed by atoms with van der Waals surface area (Å²) in [6, 6.07) is 10.1. The number of hydrogen-bond donors (Lipinski definition) is 1. The molecule has 1 aromatic heterocycles. The van der Waals surface area contributed by atoms with Gasteiger partial charge >= 0.3 is 0 Å². The summed E-state index contributed by atoms with van der Waals surface area (Å²) >= 11 is 0. The summed E-state index contributed by atoms with van der Waals surface area (Å²) in [5, 5.41) is 3.32. The lowest BCUT2D eigenvalue weighted by Crippen LogP contribution is -2.32. The van der Waals surface area contributed by atoms with Gasteiger partial charge in [0.1, 0.15) is 5.82 Å². The number of halogens is 1. The predicted molar refractivity (Wildman–Crippen MR) is 82.9 cm³/mol. The minimum atomic E-state index is -0.244. The Kier molecular flexibility index (Phi) is 5.28. The quantitative estimate of drug-likeness (QED) is 0.886. The van der Waals surface area contributed by atoms with E-state index in [0.29, 0.717) is 17.7 Å². The number of aryl methyl sites for hydroxylation is 1. The van der Waals surface area contributed by atoms with E-state index in [1.54, 1.807) is 35.9 Å². The van der Waals surface area contributed by atoms with E-state index in [1.807, 2.05) is 12.1 Å². The van der Waals surface area contributed by atoms with Gasteiger partial charge in [-0.25, -0.2) is 4.39 Å². The van der Waals surface area contributed by atoms with E-state index in [1.165, 1.54) is 6.07 Å². The summed E-state index contributed by atoms with van der Waals surface area (Å²) in [7, 11) is 0. The molecule has 0 saturated heterocycles. The third kappa shape index (κ3) is 3.79. The van der Waals surface area contributed by atoms with Crippen LogP contribution in [-0.4, -0.2) is 11.1 Å². The standard InChI is InChI=1S/C17H21FN2O/c1-3-10-19-16(14-8-4-5-9-15(14)18)12-20-11-6-7-13(2)17(20)21/h4-9,11,16,19H,3,10,12H2,1-2H3. The molecule has 2 aromatic rings. The maximum Gasteiger partial charge on any atom is 0.253 e. The number of pyridine rings is 1. The number of aromatic nitrogens is 1. The molecule has 4 heteroatoms. The Balaban J connectivity index is 2.31. The van der Waals surface area contributed by atoms with Crippen LogP contribution in [0.5, 0.6) is 0 Å². The number of benzene rings is 1. The normalized spacial score (nSPS) is 12.3. The first-order valence-electron chi connectivity index (χ1n) is 7.27. The minimum Gasteiger partial charge on any atom is -0.313 e. The van der Waals surface area contributed by atoms with Crippen molar-refractivity contribution in [2.75, 3.05) is 6.54 Å². The van der Waals surface area contributed by atoms with Crippen LogP contribution in [0.15, 0.2) is 47.4 Å². The molecule has 0 fully saturated rings. The van der Waals surface area contributed by atoms with Crippen molar-refractivity contribution in [3.8, 4) is 0 Å². The highest BCUT2D eigenvalue weighted by Gasteiger charge is 2.16. The molecule has 0 spiro atoms. The molecule has 1 atom stereocenters. The van der Waals surface area contributed by atoms with E-state index in [9.17, 15) is 9.18 Å². The Morgan fingerprint density at radius 3 is 2.71 bits per heavy atom. The van der Waals surface area contributed by atoms with Crippen LogP contribution in [0, 0.1) is 12.7 Å². The number of rotatable bonds is 6. The zero-order valence-corrected chi connectivity index (χ0v) is 12.5. The molecule has 112 valence electrons. The zero-order valence-electron chi connectivity index (χ0n) is 12.5. The smallest absolute Gasteiger partial charge is 0.253 e. The highest BCUT2D eigenvalue weighted by Crippen LogP contribution is 2.18. The molecule has 1 unspecified atom stereocenters. The number of hydrogen-bond acceptors (Lipinski definition) is 2. The van der Waals surface area contributed by atoms with E-state index in [4.69, 9.17) is 0 Å².